The number of ether oxygens (including phenoxy) is 1. The molecule has 1 saturated heterocycles. The SMILES string of the molecule is Cc1cc(C#N)cc(C)c1Oc1nc(N(C)C2CCN(c3ccncn3)CC2)ncc1Br. The lowest BCUT2D eigenvalue weighted by atomic mass is 10.0. The maximum atomic E-state index is 9.18. The highest BCUT2D eigenvalue weighted by atomic mass is 79.9. The zero-order valence-corrected chi connectivity index (χ0v) is 19.9. The number of anilines is 2. The van der Waals surface area contributed by atoms with E-state index in [1.165, 1.54) is 0 Å². The van der Waals surface area contributed by atoms with E-state index in [-0.39, 0.29) is 0 Å². The summed E-state index contributed by atoms with van der Waals surface area (Å²) in [5.41, 5.74) is 2.39. The standard InChI is InChI=1S/C23H24BrN7O/c1-15-10-17(12-25)11-16(2)21(15)32-22-19(24)13-27-23(29-22)30(3)18-5-8-31(9-6-18)20-4-7-26-14-28-20/h4,7,10-11,13-14,18H,5-6,8-9H2,1-3H3. The lowest BCUT2D eigenvalue weighted by Gasteiger charge is -2.37. The first kappa shape index (κ1) is 22.0. The highest BCUT2D eigenvalue weighted by molar-refractivity contribution is 9.10. The van der Waals surface area contributed by atoms with E-state index < -0.39 is 0 Å². The van der Waals surface area contributed by atoms with E-state index in [2.05, 4.69) is 46.8 Å². The van der Waals surface area contributed by atoms with E-state index in [4.69, 9.17) is 9.72 Å². The Labute approximate surface area is 196 Å². The van der Waals surface area contributed by atoms with Gasteiger partial charge in [0.05, 0.1) is 22.3 Å². The predicted molar refractivity (Wildman–Crippen MR) is 126 cm³/mol. The number of hydrogen-bond donors (Lipinski definition) is 0. The lowest BCUT2D eigenvalue weighted by molar-refractivity contribution is 0.444. The van der Waals surface area contributed by atoms with Gasteiger partial charge < -0.3 is 14.5 Å². The maximum Gasteiger partial charge on any atom is 0.238 e. The largest absolute Gasteiger partial charge is 0.437 e. The predicted octanol–water partition coefficient (Wildman–Crippen LogP) is 4.42. The Bertz CT molecular complexity index is 1120. The maximum absolute atomic E-state index is 9.18. The molecule has 0 spiro atoms. The van der Waals surface area contributed by atoms with Crippen LogP contribution in [0.2, 0.25) is 0 Å². The van der Waals surface area contributed by atoms with Crippen LogP contribution in [0.3, 0.4) is 0 Å². The third-order valence-electron chi connectivity index (χ3n) is 5.71. The topological polar surface area (TPSA) is 91.1 Å². The van der Waals surface area contributed by atoms with Crippen molar-refractivity contribution >= 4 is 27.7 Å². The van der Waals surface area contributed by atoms with Crippen LogP contribution < -0.4 is 14.5 Å². The molecule has 1 fully saturated rings. The summed E-state index contributed by atoms with van der Waals surface area (Å²) in [4.78, 5) is 22.0. The summed E-state index contributed by atoms with van der Waals surface area (Å²) in [6, 6.07) is 8.07. The molecule has 4 rings (SSSR count). The first-order chi connectivity index (χ1) is 15.5. The minimum absolute atomic E-state index is 0.320. The lowest BCUT2D eigenvalue weighted by Crippen LogP contribution is -2.44. The summed E-state index contributed by atoms with van der Waals surface area (Å²) in [6.45, 7) is 5.68. The average Bonchev–Trinajstić information content (AvgIpc) is 2.82. The molecule has 0 atom stereocenters. The molecule has 164 valence electrons. The molecule has 8 nitrogen and oxygen atoms in total. The highest BCUT2D eigenvalue weighted by Crippen LogP contribution is 2.34. The molecule has 0 N–H and O–H groups in total. The van der Waals surface area contributed by atoms with Crippen molar-refractivity contribution in [1.29, 1.82) is 5.26 Å². The number of nitrogens with zero attached hydrogens (tertiary/aromatic N) is 7. The number of nitriles is 1. The Balaban J connectivity index is 1.49. The number of piperidine rings is 1. The smallest absolute Gasteiger partial charge is 0.238 e. The van der Waals surface area contributed by atoms with Crippen LogP contribution in [0, 0.1) is 25.2 Å². The van der Waals surface area contributed by atoms with Gasteiger partial charge in [-0.05, 0) is 71.9 Å². The van der Waals surface area contributed by atoms with Gasteiger partial charge in [-0.15, -0.1) is 0 Å². The van der Waals surface area contributed by atoms with Gasteiger partial charge in [-0.25, -0.2) is 15.0 Å². The van der Waals surface area contributed by atoms with Gasteiger partial charge in [0, 0.05) is 32.4 Å². The monoisotopic (exact) mass is 493 g/mol. The zero-order chi connectivity index (χ0) is 22.7. The number of rotatable bonds is 5. The third kappa shape index (κ3) is 4.65. The highest BCUT2D eigenvalue weighted by Gasteiger charge is 2.25. The second kappa shape index (κ2) is 9.49. The molecule has 1 aliphatic rings. The molecule has 1 aliphatic heterocycles. The van der Waals surface area contributed by atoms with Gasteiger partial charge in [-0.1, -0.05) is 0 Å². The molecule has 2 aromatic heterocycles. The fourth-order valence-corrected chi connectivity index (χ4v) is 4.25. The minimum atomic E-state index is 0.320. The van der Waals surface area contributed by atoms with Crippen LogP contribution in [-0.2, 0) is 0 Å². The molecule has 9 heteroatoms. The van der Waals surface area contributed by atoms with Crippen LogP contribution in [0.4, 0.5) is 11.8 Å². The summed E-state index contributed by atoms with van der Waals surface area (Å²) >= 11 is 3.50. The van der Waals surface area contributed by atoms with Gasteiger partial charge in [-0.3, -0.25) is 0 Å². The van der Waals surface area contributed by atoms with Crippen molar-refractivity contribution in [3.63, 3.8) is 0 Å². The van der Waals surface area contributed by atoms with Crippen LogP contribution in [0.1, 0.15) is 29.5 Å². The van der Waals surface area contributed by atoms with Crippen LogP contribution in [0.25, 0.3) is 0 Å². The van der Waals surface area contributed by atoms with E-state index in [9.17, 15) is 5.26 Å². The quantitative estimate of drug-likeness (QED) is 0.515. The Morgan fingerprint density at radius 3 is 2.53 bits per heavy atom. The van der Waals surface area contributed by atoms with E-state index in [0.717, 1.165) is 42.9 Å². The third-order valence-corrected chi connectivity index (χ3v) is 6.25. The Morgan fingerprint density at radius 2 is 1.91 bits per heavy atom. The first-order valence-electron chi connectivity index (χ1n) is 10.4. The fraction of sp³-hybridized carbons (Fsp3) is 0.348. The van der Waals surface area contributed by atoms with Crippen LogP contribution in [-0.4, -0.2) is 46.1 Å². The molecule has 3 aromatic rings. The molecule has 0 unspecified atom stereocenters. The minimum Gasteiger partial charge on any atom is -0.437 e. The summed E-state index contributed by atoms with van der Waals surface area (Å²) in [5, 5.41) is 9.18. The summed E-state index contributed by atoms with van der Waals surface area (Å²) < 4.78 is 6.84. The summed E-state index contributed by atoms with van der Waals surface area (Å²) in [6.07, 6.45) is 7.03. The number of halogens is 1. The van der Waals surface area contributed by atoms with Crippen molar-refractivity contribution in [2.75, 3.05) is 29.9 Å². The van der Waals surface area contributed by atoms with Gasteiger partial charge in [-0.2, -0.15) is 10.2 Å². The Hall–Kier alpha value is -3.25. The number of hydrogen-bond acceptors (Lipinski definition) is 8. The summed E-state index contributed by atoms with van der Waals surface area (Å²) in [5.74, 6) is 2.74. The van der Waals surface area contributed by atoms with Crippen molar-refractivity contribution in [3.05, 3.63) is 58.1 Å². The van der Waals surface area contributed by atoms with Gasteiger partial charge >= 0.3 is 0 Å². The Kier molecular flexibility index (Phi) is 6.51. The molecule has 0 amide bonds. The number of aromatic nitrogens is 4. The van der Waals surface area contributed by atoms with Crippen molar-refractivity contribution in [3.8, 4) is 17.7 Å². The van der Waals surface area contributed by atoms with Gasteiger partial charge in [0.2, 0.25) is 11.8 Å². The van der Waals surface area contributed by atoms with Gasteiger partial charge in [0.25, 0.3) is 0 Å². The molecular formula is C23H24BrN7O. The second-order valence-electron chi connectivity index (χ2n) is 7.87. The molecule has 0 saturated carbocycles. The van der Waals surface area contributed by atoms with E-state index in [0.29, 0.717) is 33.7 Å². The van der Waals surface area contributed by atoms with Gasteiger partial charge in [0.1, 0.15) is 17.9 Å². The molecule has 32 heavy (non-hydrogen) atoms. The van der Waals surface area contributed by atoms with Crippen LogP contribution in [0.15, 0.2) is 41.4 Å². The normalized spacial score (nSPS) is 14.2. The second-order valence-corrected chi connectivity index (χ2v) is 8.73. The summed E-state index contributed by atoms with van der Waals surface area (Å²) in [7, 11) is 2.02. The number of benzene rings is 1. The molecule has 0 bridgehead atoms. The van der Waals surface area contributed by atoms with Crippen LogP contribution in [0.5, 0.6) is 11.6 Å². The van der Waals surface area contributed by atoms with E-state index in [1.807, 2.05) is 39.1 Å². The van der Waals surface area contributed by atoms with E-state index in [1.54, 1.807) is 18.7 Å². The zero-order valence-electron chi connectivity index (χ0n) is 18.3. The van der Waals surface area contributed by atoms with Crippen LogP contribution >= 0.6 is 15.9 Å². The van der Waals surface area contributed by atoms with Crippen molar-refractivity contribution in [1.82, 2.24) is 19.9 Å². The van der Waals surface area contributed by atoms with Gasteiger partial charge in [0.15, 0.2) is 0 Å². The first-order valence-corrected chi connectivity index (χ1v) is 11.2. The van der Waals surface area contributed by atoms with E-state index >= 15 is 0 Å². The molecule has 1 aromatic carbocycles. The van der Waals surface area contributed by atoms with Crippen molar-refractivity contribution < 1.29 is 4.74 Å². The van der Waals surface area contributed by atoms with Crippen molar-refractivity contribution in [2.45, 2.75) is 32.7 Å². The Morgan fingerprint density at radius 1 is 1.19 bits per heavy atom. The molecule has 3 heterocycles. The molecule has 0 aliphatic carbocycles. The molecule has 0 radical (unpaired) electrons. The fourth-order valence-electron chi connectivity index (χ4n) is 3.97. The number of aryl methyl sites for hydroxylation is 2. The average molecular weight is 494 g/mol. The van der Waals surface area contributed by atoms with Crippen molar-refractivity contribution in [2.24, 2.45) is 0 Å². The molecular weight excluding hydrogens is 470 g/mol.